The molecule has 0 aliphatic heterocycles. The summed E-state index contributed by atoms with van der Waals surface area (Å²) in [4.78, 5) is 10.5. The Labute approximate surface area is 186 Å². The first-order chi connectivity index (χ1) is 14.6. The molecule has 0 aromatic rings. The minimum absolute atomic E-state index is 0.368. The fourth-order valence-electron chi connectivity index (χ4n) is 4.11. The quantitative estimate of drug-likeness (QED) is 0.140. The highest BCUT2D eigenvalue weighted by molar-refractivity contribution is 5.72. The minimum atomic E-state index is -1.64. The third-order valence-electron chi connectivity index (χ3n) is 6.22. The Kier molecular flexibility index (Phi) is 22.6. The van der Waals surface area contributed by atoms with Crippen molar-refractivity contribution in [2.75, 3.05) is 0 Å². The van der Waals surface area contributed by atoms with Crippen LogP contribution in [0.25, 0.3) is 0 Å². The second-order valence-corrected chi connectivity index (χ2v) is 9.21. The maximum Gasteiger partial charge on any atom is 0.335 e. The van der Waals surface area contributed by atoms with Crippen LogP contribution in [0, 0.1) is 0 Å². The predicted molar refractivity (Wildman–Crippen MR) is 127 cm³/mol. The zero-order valence-electron chi connectivity index (χ0n) is 20.0. The van der Waals surface area contributed by atoms with Crippen molar-refractivity contribution in [3.63, 3.8) is 0 Å². The van der Waals surface area contributed by atoms with Crippen molar-refractivity contribution < 1.29 is 20.1 Å². The Morgan fingerprint density at radius 2 is 0.800 bits per heavy atom. The highest BCUT2D eigenvalue weighted by Gasteiger charge is 2.22. The predicted octanol–water partition coefficient (Wildman–Crippen LogP) is 7.39. The van der Waals surface area contributed by atoms with Gasteiger partial charge in [-0.3, -0.25) is 0 Å². The van der Waals surface area contributed by atoms with E-state index >= 15 is 0 Å². The van der Waals surface area contributed by atoms with E-state index in [0.717, 1.165) is 19.3 Å². The molecule has 30 heavy (non-hydrogen) atoms. The van der Waals surface area contributed by atoms with Gasteiger partial charge >= 0.3 is 5.97 Å². The average molecular weight is 429 g/mol. The van der Waals surface area contributed by atoms with E-state index in [2.05, 4.69) is 6.92 Å². The van der Waals surface area contributed by atoms with Gasteiger partial charge in [-0.15, -0.1) is 0 Å². The Morgan fingerprint density at radius 1 is 0.533 bits per heavy atom. The standard InChI is InChI=1S/C26H52O4/c1-2-3-4-5-6-7-8-9-10-11-12-13-14-15-16-17-18-19-20-21-22-23-24(27)25(28)26(29)30/h24-25,27-28H,2-23H2,1H3,(H,29,30)/t24-,25-/m0/s1. The third kappa shape index (κ3) is 20.7. The summed E-state index contributed by atoms with van der Waals surface area (Å²) in [6.45, 7) is 2.28. The largest absolute Gasteiger partial charge is 0.479 e. The zero-order valence-corrected chi connectivity index (χ0v) is 20.0. The lowest BCUT2D eigenvalue weighted by atomic mass is 10.0. The molecule has 0 saturated heterocycles. The minimum Gasteiger partial charge on any atom is -0.479 e. The molecular formula is C26H52O4. The molecule has 0 spiro atoms. The van der Waals surface area contributed by atoms with E-state index < -0.39 is 18.2 Å². The lowest BCUT2D eigenvalue weighted by molar-refractivity contribution is -0.153. The van der Waals surface area contributed by atoms with Gasteiger partial charge in [-0.25, -0.2) is 4.79 Å². The highest BCUT2D eigenvalue weighted by atomic mass is 16.4. The monoisotopic (exact) mass is 428 g/mol. The second kappa shape index (κ2) is 23.1. The molecule has 0 aliphatic carbocycles. The molecule has 0 bridgehead atoms. The maximum atomic E-state index is 10.5. The van der Waals surface area contributed by atoms with Crippen LogP contribution in [-0.2, 0) is 4.79 Å². The fraction of sp³-hybridized carbons (Fsp3) is 0.962. The van der Waals surface area contributed by atoms with Gasteiger partial charge in [0.15, 0.2) is 6.10 Å². The zero-order chi connectivity index (χ0) is 22.3. The van der Waals surface area contributed by atoms with Gasteiger partial charge in [0.05, 0.1) is 6.10 Å². The molecule has 0 rings (SSSR count). The van der Waals surface area contributed by atoms with Crippen LogP contribution in [0.2, 0.25) is 0 Å². The Bertz CT molecular complexity index is 359. The smallest absolute Gasteiger partial charge is 0.335 e. The molecule has 0 heterocycles. The molecule has 0 unspecified atom stereocenters. The van der Waals surface area contributed by atoms with Crippen molar-refractivity contribution in [2.24, 2.45) is 0 Å². The Hall–Kier alpha value is -0.610. The number of aliphatic hydroxyl groups excluding tert-OH is 2. The van der Waals surface area contributed by atoms with E-state index in [1.807, 2.05) is 0 Å². The number of aliphatic hydroxyl groups is 2. The Balaban J connectivity index is 3.12. The van der Waals surface area contributed by atoms with Gasteiger partial charge < -0.3 is 15.3 Å². The topological polar surface area (TPSA) is 77.8 Å². The number of hydrogen-bond donors (Lipinski definition) is 3. The molecule has 4 nitrogen and oxygen atoms in total. The number of carbonyl (C=O) groups is 1. The molecule has 0 radical (unpaired) electrons. The molecule has 180 valence electrons. The summed E-state index contributed by atoms with van der Waals surface area (Å²) in [5.74, 6) is -1.34. The van der Waals surface area contributed by atoms with Gasteiger partial charge in [0, 0.05) is 0 Å². The van der Waals surface area contributed by atoms with Crippen LogP contribution < -0.4 is 0 Å². The van der Waals surface area contributed by atoms with E-state index in [1.54, 1.807) is 0 Å². The molecule has 0 aromatic heterocycles. The summed E-state index contributed by atoms with van der Waals surface area (Å²) < 4.78 is 0. The SMILES string of the molecule is CCCCCCCCCCCCCCCCCCCCCCC[C@H](O)[C@H](O)C(=O)O. The number of unbranched alkanes of at least 4 members (excludes halogenated alkanes) is 20. The summed E-state index contributed by atoms with van der Waals surface area (Å²) in [7, 11) is 0. The summed E-state index contributed by atoms with van der Waals surface area (Å²) in [5.41, 5.74) is 0. The highest BCUT2D eigenvalue weighted by Crippen LogP contribution is 2.15. The van der Waals surface area contributed by atoms with Crippen LogP contribution in [0.5, 0.6) is 0 Å². The Morgan fingerprint density at radius 3 is 1.07 bits per heavy atom. The van der Waals surface area contributed by atoms with Gasteiger partial charge in [0.2, 0.25) is 0 Å². The second-order valence-electron chi connectivity index (χ2n) is 9.21. The van der Waals surface area contributed by atoms with Crippen LogP contribution in [-0.4, -0.2) is 33.5 Å². The van der Waals surface area contributed by atoms with Crippen molar-refractivity contribution in [2.45, 2.75) is 160 Å². The first-order valence-corrected chi connectivity index (χ1v) is 13.2. The third-order valence-corrected chi connectivity index (χ3v) is 6.22. The number of rotatable bonds is 24. The first-order valence-electron chi connectivity index (χ1n) is 13.2. The van der Waals surface area contributed by atoms with Crippen LogP contribution in [0.15, 0.2) is 0 Å². The normalized spacial score (nSPS) is 13.4. The summed E-state index contributed by atoms with van der Waals surface area (Å²) in [5, 5.41) is 27.3. The van der Waals surface area contributed by atoms with Crippen molar-refractivity contribution >= 4 is 5.97 Å². The molecule has 0 saturated carbocycles. The van der Waals surface area contributed by atoms with Crippen molar-refractivity contribution in [3.8, 4) is 0 Å². The summed E-state index contributed by atoms with van der Waals surface area (Å²) in [6, 6.07) is 0. The van der Waals surface area contributed by atoms with Gasteiger partial charge in [-0.1, -0.05) is 142 Å². The van der Waals surface area contributed by atoms with Gasteiger partial charge in [-0.2, -0.15) is 0 Å². The van der Waals surface area contributed by atoms with Gasteiger partial charge in [0.25, 0.3) is 0 Å². The molecule has 0 aliphatic rings. The lowest BCUT2D eigenvalue weighted by Crippen LogP contribution is -2.33. The van der Waals surface area contributed by atoms with E-state index in [-0.39, 0.29) is 0 Å². The van der Waals surface area contributed by atoms with Crippen molar-refractivity contribution in [3.05, 3.63) is 0 Å². The molecule has 3 N–H and O–H groups in total. The average Bonchev–Trinajstić information content (AvgIpc) is 2.74. The van der Waals surface area contributed by atoms with Crippen molar-refractivity contribution in [1.82, 2.24) is 0 Å². The van der Waals surface area contributed by atoms with Crippen LogP contribution in [0.1, 0.15) is 148 Å². The molecule has 2 atom stereocenters. The number of carboxylic acids is 1. The van der Waals surface area contributed by atoms with Crippen LogP contribution >= 0.6 is 0 Å². The molecule has 0 aromatic carbocycles. The van der Waals surface area contributed by atoms with E-state index in [4.69, 9.17) is 5.11 Å². The van der Waals surface area contributed by atoms with E-state index in [1.165, 1.54) is 116 Å². The summed E-state index contributed by atoms with van der Waals surface area (Å²) >= 11 is 0. The van der Waals surface area contributed by atoms with Gasteiger partial charge in [0.1, 0.15) is 0 Å². The van der Waals surface area contributed by atoms with Crippen LogP contribution in [0.3, 0.4) is 0 Å². The van der Waals surface area contributed by atoms with E-state index in [9.17, 15) is 15.0 Å². The first kappa shape index (κ1) is 29.4. The fourth-order valence-corrected chi connectivity index (χ4v) is 4.11. The number of hydrogen-bond acceptors (Lipinski definition) is 3. The molecule has 4 heteroatoms. The molecular weight excluding hydrogens is 376 g/mol. The van der Waals surface area contributed by atoms with E-state index in [0.29, 0.717) is 6.42 Å². The van der Waals surface area contributed by atoms with Gasteiger partial charge in [-0.05, 0) is 6.42 Å². The lowest BCUT2D eigenvalue weighted by Gasteiger charge is -2.13. The number of aliphatic carboxylic acids is 1. The summed E-state index contributed by atoms with van der Waals surface area (Å²) in [6.07, 6.45) is 25.5. The number of carboxylic acid groups (broad SMARTS) is 1. The molecule has 0 amide bonds. The molecule has 0 fully saturated rings. The van der Waals surface area contributed by atoms with Crippen molar-refractivity contribution in [1.29, 1.82) is 0 Å². The maximum absolute atomic E-state index is 10.5. The van der Waals surface area contributed by atoms with Crippen LogP contribution in [0.4, 0.5) is 0 Å².